The maximum Gasteiger partial charge on any atom is 0.175 e. The largest absolute Gasteiger partial charge is 0.493 e. The average Bonchev–Trinajstić information content (AvgIpc) is 2.73. The van der Waals surface area contributed by atoms with Gasteiger partial charge >= 0.3 is 0 Å². The Morgan fingerprint density at radius 2 is 1.23 bits per heavy atom. The number of anilines is 2. The van der Waals surface area contributed by atoms with E-state index in [1.165, 1.54) is 11.1 Å². The highest BCUT2D eigenvalue weighted by molar-refractivity contribution is 7.80. The van der Waals surface area contributed by atoms with Crippen molar-refractivity contribution >= 4 is 50.8 Å². The van der Waals surface area contributed by atoms with Crippen LogP contribution >= 0.6 is 12.2 Å². The number of hydrogen-bond donors (Lipinski definition) is 2. The summed E-state index contributed by atoms with van der Waals surface area (Å²) in [6.07, 6.45) is 0. The fourth-order valence-corrected chi connectivity index (χ4v) is 3.43. The molecule has 0 bridgehead atoms. The third-order valence-electron chi connectivity index (χ3n) is 4.96. The highest BCUT2D eigenvalue weighted by Crippen LogP contribution is 2.31. The Bertz CT molecular complexity index is 1270. The lowest BCUT2D eigenvalue weighted by Crippen LogP contribution is -2.19. The molecule has 0 aliphatic carbocycles. The van der Waals surface area contributed by atoms with Gasteiger partial charge in [0.25, 0.3) is 0 Å². The van der Waals surface area contributed by atoms with Crippen molar-refractivity contribution in [2.24, 2.45) is 0 Å². The third-order valence-corrected chi connectivity index (χ3v) is 5.16. The number of thiocarbonyl (C=S) groups is 1. The zero-order valence-electron chi connectivity index (χ0n) is 17.2. The van der Waals surface area contributed by atoms with Gasteiger partial charge in [-0.1, -0.05) is 6.07 Å². The van der Waals surface area contributed by atoms with Crippen molar-refractivity contribution in [3.8, 4) is 11.5 Å². The number of ether oxygens (including phenoxy) is 2. The quantitative estimate of drug-likeness (QED) is 0.348. The summed E-state index contributed by atoms with van der Waals surface area (Å²) in [5.74, 6) is 1.24. The molecule has 7 heteroatoms. The molecule has 1 aromatic heterocycles. The van der Waals surface area contributed by atoms with Crippen LogP contribution in [0.15, 0.2) is 48.5 Å². The summed E-state index contributed by atoms with van der Waals surface area (Å²) in [6.45, 7) is 4.16. The second-order valence-corrected chi connectivity index (χ2v) is 7.41. The zero-order valence-corrected chi connectivity index (χ0v) is 18.1. The number of aromatic nitrogens is 2. The summed E-state index contributed by atoms with van der Waals surface area (Å²) in [7, 11) is 3.20. The van der Waals surface area contributed by atoms with Crippen molar-refractivity contribution in [1.29, 1.82) is 0 Å². The molecule has 0 atom stereocenters. The molecule has 1 heterocycles. The first-order valence-corrected chi connectivity index (χ1v) is 9.86. The van der Waals surface area contributed by atoms with Gasteiger partial charge in [0.1, 0.15) is 0 Å². The van der Waals surface area contributed by atoms with Crippen LogP contribution in [-0.4, -0.2) is 29.3 Å². The van der Waals surface area contributed by atoms with Crippen LogP contribution < -0.4 is 20.1 Å². The first-order valence-electron chi connectivity index (χ1n) is 9.45. The number of benzene rings is 3. The van der Waals surface area contributed by atoms with E-state index < -0.39 is 0 Å². The van der Waals surface area contributed by atoms with E-state index >= 15 is 0 Å². The fraction of sp³-hybridized carbons (Fsp3) is 0.174. The second kappa shape index (κ2) is 8.12. The number of fused-ring (bicyclic) bond motifs is 2. The van der Waals surface area contributed by atoms with Gasteiger partial charge in [0.2, 0.25) is 0 Å². The van der Waals surface area contributed by atoms with Gasteiger partial charge in [-0.3, -0.25) is 0 Å². The molecule has 0 saturated heterocycles. The molecule has 152 valence electrons. The number of methoxy groups -OCH3 is 2. The Balaban J connectivity index is 1.60. The van der Waals surface area contributed by atoms with E-state index in [1.807, 2.05) is 36.4 Å². The Kier molecular flexibility index (Phi) is 5.37. The summed E-state index contributed by atoms with van der Waals surface area (Å²) in [6, 6.07) is 15.6. The van der Waals surface area contributed by atoms with Gasteiger partial charge in [-0.15, -0.1) is 0 Å². The Labute approximate surface area is 180 Å². The van der Waals surface area contributed by atoms with E-state index in [1.54, 1.807) is 14.2 Å². The molecule has 30 heavy (non-hydrogen) atoms. The van der Waals surface area contributed by atoms with Gasteiger partial charge < -0.3 is 20.1 Å². The lowest BCUT2D eigenvalue weighted by Gasteiger charge is -2.13. The Morgan fingerprint density at radius 3 is 1.83 bits per heavy atom. The van der Waals surface area contributed by atoms with Crippen molar-refractivity contribution in [2.75, 3.05) is 24.9 Å². The second-order valence-electron chi connectivity index (χ2n) is 7.00. The molecule has 0 fully saturated rings. The zero-order chi connectivity index (χ0) is 21.3. The standard InChI is InChI=1S/C23H22N4O2S/c1-13-5-6-15(9-14(13)2)24-23(30)25-16-7-8-17-18(10-16)27-20-12-22(29-4)21(28-3)11-19(20)26-17/h5-12H,1-4H3,(H2,24,25,30). The summed E-state index contributed by atoms with van der Waals surface area (Å²) < 4.78 is 10.7. The summed E-state index contributed by atoms with van der Waals surface area (Å²) >= 11 is 5.47. The molecular weight excluding hydrogens is 396 g/mol. The van der Waals surface area contributed by atoms with E-state index in [9.17, 15) is 0 Å². The van der Waals surface area contributed by atoms with Gasteiger partial charge in [0, 0.05) is 23.5 Å². The van der Waals surface area contributed by atoms with Gasteiger partial charge in [-0.05, 0) is 67.5 Å². The minimum atomic E-state index is 0.512. The van der Waals surface area contributed by atoms with Crippen LogP contribution in [0.2, 0.25) is 0 Å². The fourth-order valence-electron chi connectivity index (χ4n) is 3.19. The van der Waals surface area contributed by atoms with E-state index in [2.05, 4.69) is 36.6 Å². The van der Waals surface area contributed by atoms with Gasteiger partial charge in [-0.25, -0.2) is 9.97 Å². The van der Waals surface area contributed by atoms with Crippen LogP contribution in [0.1, 0.15) is 11.1 Å². The molecule has 3 aromatic carbocycles. The minimum Gasteiger partial charge on any atom is -0.493 e. The van der Waals surface area contributed by atoms with Crippen molar-refractivity contribution in [1.82, 2.24) is 9.97 Å². The Hall–Kier alpha value is -3.45. The van der Waals surface area contributed by atoms with Crippen molar-refractivity contribution < 1.29 is 9.47 Å². The normalized spacial score (nSPS) is 10.8. The third kappa shape index (κ3) is 3.97. The number of nitrogens with zero attached hydrogens (tertiary/aromatic N) is 2. The van der Waals surface area contributed by atoms with Crippen LogP contribution in [-0.2, 0) is 0 Å². The highest BCUT2D eigenvalue weighted by atomic mass is 32.1. The van der Waals surface area contributed by atoms with Crippen molar-refractivity contribution in [3.63, 3.8) is 0 Å². The first-order chi connectivity index (χ1) is 14.5. The molecule has 2 N–H and O–H groups in total. The molecule has 0 aliphatic rings. The van der Waals surface area contributed by atoms with Gasteiger partial charge in [-0.2, -0.15) is 0 Å². The molecule has 0 unspecified atom stereocenters. The molecule has 4 rings (SSSR count). The van der Waals surface area contributed by atoms with E-state index in [0.717, 1.165) is 33.4 Å². The maximum atomic E-state index is 5.47. The van der Waals surface area contributed by atoms with E-state index in [-0.39, 0.29) is 0 Å². The molecule has 0 amide bonds. The number of nitrogens with one attached hydrogen (secondary N) is 2. The lowest BCUT2D eigenvalue weighted by molar-refractivity contribution is 0.355. The van der Waals surface area contributed by atoms with Crippen molar-refractivity contribution in [3.05, 3.63) is 59.7 Å². The smallest absolute Gasteiger partial charge is 0.175 e. The van der Waals surface area contributed by atoms with E-state index in [4.69, 9.17) is 31.7 Å². The topological polar surface area (TPSA) is 68.3 Å². The monoisotopic (exact) mass is 418 g/mol. The number of rotatable bonds is 4. The molecule has 4 aromatic rings. The summed E-state index contributed by atoms with van der Waals surface area (Å²) in [4.78, 5) is 9.43. The molecular formula is C23H22N4O2S. The molecule has 0 radical (unpaired) electrons. The molecule has 6 nitrogen and oxygen atoms in total. The number of aryl methyl sites for hydroxylation is 2. The summed E-state index contributed by atoms with van der Waals surface area (Å²) in [5.41, 5.74) is 7.25. The van der Waals surface area contributed by atoms with Crippen molar-refractivity contribution in [2.45, 2.75) is 13.8 Å². The van der Waals surface area contributed by atoms with Crippen LogP contribution in [0.25, 0.3) is 22.1 Å². The highest BCUT2D eigenvalue weighted by Gasteiger charge is 2.10. The SMILES string of the molecule is COc1cc2nc3ccc(NC(=S)Nc4ccc(C)c(C)c4)cc3nc2cc1OC. The number of hydrogen-bond acceptors (Lipinski definition) is 5. The van der Waals surface area contributed by atoms with Gasteiger partial charge in [0.05, 0.1) is 36.3 Å². The van der Waals surface area contributed by atoms with Gasteiger partial charge in [0.15, 0.2) is 16.6 Å². The van der Waals surface area contributed by atoms with Crippen LogP contribution in [0.4, 0.5) is 11.4 Å². The predicted molar refractivity (Wildman–Crippen MR) is 126 cm³/mol. The average molecular weight is 419 g/mol. The summed E-state index contributed by atoms with van der Waals surface area (Å²) in [5, 5.41) is 6.94. The molecule has 0 spiro atoms. The first kappa shape index (κ1) is 19.8. The van der Waals surface area contributed by atoms with Crippen LogP contribution in [0.3, 0.4) is 0 Å². The lowest BCUT2D eigenvalue weighted by atomic mass is 10.1. The minimum absolute atomic E-state index is 0.512. The molecule has 0 saturated carbocycles. The maximum absolute atomic E-state index is 5.47. The van der Waals surface area contributed by atoms with E-state index in [0.29, 0.717) is 16.6 Å². The Morgan fingerprint density at radius 1 is 0.700 bits per heavy atom. The van der Waals surface area contributed by atoms with Crippen LogP contribution in [0.5, 0.6) is 11.5 Å². The van der Waals surface area contributed by atoms with Crippen LogP contribution in [0, 0.1) is 13.8 Å². The molecule has 0 aliphatic heterocycles. The predicted octanol–water partition coefficient (Wildman–Crippen LogP) is 5.23.